The van der Waals surface area contributed by atoms with Crippen molar-refractivity contribution in [3.8, 4) is 0 Å². The largest absolute Gasteiger partial charge is 0.406 e. The van der Waals surface area contributed by atoms with Gasteiger partial charge in [0.15, 0.2) is 0 Å². The van der Waals surface area contributed by atoms with Crippen molar-refractivity contribution in [3.63, 3.8) is 0 Å². The minimum atomic E-state index is -4.54. The molecule has 2 aromatic rings. The number of para-hydroxylation sites is 1. The number of rotatable bonds is 6. The van der Waals surface area contributed by atoms with E-state index in [1.165, 1.54) is 16.4 Å². The molecule has 5 nitrogen and oxygen atoms in total. The standard InChI is InChI=1S/C21H23F3N2O3S/c22-21(23,24)16-26(19-9-5-2-6-10-19)20(27)18-11-13-25(14-12-18)30(28,29)15-17-7-3-1-4-8-17/h1-10,18H,11-16H2. The zero-order chi connectivity index (χ0) is 21.8. The highest BCUT2D eigenvalue weighted by molar-refractivity contribution is 7.88. The molecule has 0 aliphatic carbocycles. The van der Waals surface area contributed by atoms with Crippen LogP contribution in [-0.4, -0.2) is 44.4 Å². The Balaban J connectivity index is 1.67. The molecule has 0 saturated carbocycles. The summed E-state index contributed by atoms with van der Waals surface area (Å²) in [4.78, 5) is 13.6. The monoisotopic (exact) mass is 440 g/mol. The van der Waals surface area contributed by atoms with Crippen LogP contribution in [0.25, 0.3) is 0 Å². The van der Waals surface area contributed by atoms with E-state index in [1.54, 1.807) is 48.5 Å². The Bertz CT molecular complexity index is 942. The fourth-order valence-corrected chi connectivity index (χ4v) is 5.12. The van der Waals surface area contributed by atoms with Crippen LogP contribution in [0.5, 0.6) is 0 Å². The van der Waals surface area contributed by atoms with E-state index in [-0.39, 0.29) is 37.4 Å². The fourth-order valence-electron chi connectivity index (χ4n) is 3.56. The van der Waals surface area contributed by atoms with E-state index in [9.17, 15) is 26.4 Å². The van der Waals surface area contributed by atoms with Crippen molar-refractivity contribution in [3.05, 3.63) is 66.2 Å². The van der Waals surface area contributed by atoms with Crippen LogP contribution in [0.3, 0.4) is 0 Å². The molecule has 162 valence electrons. The predicted molar refractivity (Wildman–Crippen MR) is 108 cm³/mol. The molecule has 9 heteroatoms. The minimum absolute atomic E-state index is 0.111. The number of nitrogens with zero attached hydrogens (tertiary/aromatic N) is 2. The number of hydrogen-bond acceptors (Lipinski definition) is 3. The number of benzene rings is 2. The van der Waals surface area contributed by atoms with Gasteiger partial charge in [-0.2, -0.15) is 13.2 Å². The summed E-state index contributed by atoms with van der Waals surface area (Å²) in [5, 5.41) is 0. The maximum absolute atomic E-state index is 13.1. The summed E-state index contributed by atoms with van der Waals surface area (Å²) >= 11 is 0. The molecular weight excluding hydrogens is 417 g/mol. The van der Waals surface area contributed by atoms with Crippen LogP contribution >= 0.6 is 0 Å². The van der Waals surface area contributed by atoms with Gasteiger partial charge in [-0.15, -0.1) is 0 Å². The van der Waals surface area contributed by atoms with Gasteiger partial charge >= 0.3 is 6.18 Å². The van der Waals surface area contributed by atoms with E-state index in [4.69, 9.17) is 0 Å². The second-order valence-corrected chi connectivity index (χ2v) is 9.26. The summed E-state index contributed by atoms with van der Waals surface area (Å²) in [6.45, 7) is -1.15. The molecular formula is C21H23F3N2O3S. The van der Waals surface area contributed by atoms with Crippen LogP contribution in [0.4, 0.5) is 18.9 Å². The van der Waals surface area contributed by atoms with Crippen molar-refractivity contribution in [1.29, 1.82) is 0 Å². The van der Waals surface area contributed by atoms with E-state index in [2.05, 4.69) is 0 Å². The number of carbonyl (C=O) groups is 1. The van der Waals surface area contributed by atoms with Gasteiger partial charge in [-0.3, -0.25) is 4.79 Å². The van der Waals surface area contributed by atoms with E-state index < -0.39 is 34.6 Å². The number of amides is 1. The number of alkyl halides is 3. The van der Waals surface area contributed by atoms with Gasteiger partial charge in [-0.1, -0.05) is 48.5 Å². The summed E-state index contributed by atoms with van der Waals surface area (Å²) in [6.07, 6.45) is -4.16. The second-order valence-electron chi connectivity index (χ2n) is 7.29. The van der Waals surface area contributed by atoms with Crippen LogP contribution in [0.2, 0.25) is 0 Å². The number of carbonyl (C=O) groups excluding carboxylic acids is 1. The summed E-state index contributed by atoms with van der Waals surface area (Å²) in [7, 11) is -3.56. The molecule has 0 atom stereocenters. The third-order valence-corrected chi connectivity index (χ3v) is 6.91. The number of sulfonamides is 1. The normalized spacial score (nSPS) is 16.4. The molecule has 1 saturated heterocycles. The minimum Gasteiger partial charge on any atom is -0.303 e. The Hall–Kier alpha value is -2.39. The van der Waals surface area contributed by atoms with Gasteiger partial charge in [-0.25, -0.2) is 12.7 Å². The highest BCUT2D eigenvalue weighted by atomic mass is 32.2. The molecule has 3 rings (SSSR count). The first-order valence-corrected chi connectivity index (χ1v) is 11.2. The van der Waals surface area contributed by atoms with Crippen molar-refractivity contribution in [1.82, 2.24) is 4.31 Å². The Labute approximate surface area is 174 Å². The molecule has 0 radical (unpaired) electrons. The molecule has 2 aromatic carbocycles. The van der Waals surface area contributed by atoms with Crippen LogP contribution in [0.1, 0.15) is 18.4 Å². The second kappa shape index (κ2) is 9.18. The third kappa shape index (κ3) is 5.82. The lowest BCUT2D eigenvalue weighted by atomic mass is 9.96. The van der Waals surface area contributed by atoms with Crippen LogP contribution in [0.15, 0.2) is 60.7 Å². The van der Waals surface area contributed by atoms with Crippen LogP contribution in [-0.2, 0) is 20.6 Å². The van der Waals surface area contributed by atoms with Gasteiger partial charge in [-0.05, 0) is 30.5 Å². The summed E-state index contributed by atoms with van der Waals surface area (Å²) in [6, 6.07) is 16.5. The maximum Gasteiger partial charge on any atom is 0.406 e. The molecule has 30 heavy (non-hydrogen) atoms. The molecule has 0 spiro atoms. The van der Waals surface area contributed by atoms with Gasteiger partial charge in [0.2, 0.25) is 15.9 Å². The first-order valence-electron chi connectivity index (χ1n) is 9.61. The molecule has 0 unspecified atom stereocenters. The predicted octanol–water partition coefficient (Wildman–Crippen LogP) is 3.82. The topological polar surface area (TPSA) is 57.7 Å². The molecule has 1 aliphatic rings. The smallest absolute Gasteiger partial charge is 0.303 e. The number of hydrogen-bond donors (Lipinski definition) is 0. The number of piperidine rings is 1. The quantitative estimate of drug-likeness (QED) is 0.686. The molecule has 0 N–H and O–H groups in total. The SMILES string of the molecule is O=C(C1CCN(S(=O)(=O)Cc2ccccc2)CC1)N(CC(F)(F)F)c1ccccc1. The van der Waals surface area contributed by atoms with Crippen molar-refractivity contribution in [2.75, 3.05) is 24.5 Å². The van der Waals surface area contributed by atoms with E-state index >= 15 is 0 Å². The van der Waals surface area contributed by atoms with Crippen LogP contribution < -0.4 is 4.90 Å². The Morgan fingerprint density at radius 3 is 2.03 bits per heavy atom. The number of anilines is 1. The lowest BCUT2D eigenvalue weighted by Gasteiger charge is -2.34. The highest BCUT2D eigenvalue weighted by Crippen LogP contribution is 2.28. The number of halogens is 3. The maximum atomic E-state index is 13.1. The summed E-state index contributed by atoms with van der Waals surface area (Å²) in [5.74, 6) is -1.43. The third-order valence-electron chi connectivity index (χ3n) is 5.06. The zero-order valence-electron chi connectivity index (χ0n) is 16.3. The van der Waals surface area contributed by atoms with Crippen molar-refractivity contribution in [2.24, 2.45) is 5.92 Å². The first-order chi connectivity index (χ1) is 14.2. The highest BCUT2D eigenvalue weighted by Gasteiger charge is 2.38. The zero-order valence-corrected chi connectivity index (χ0v) is 17.1. The Morgan fingerprint density at radius 1 is 0.967 bits per heavy atom. The van der Waals surface area contributed by atoms with E-state index in [0.717, 1.165) is 4.90 Å². The van der Waals surface area contributed by atoms with E-state index in [0.29, 0.717) is 5.56 Å². The van der Waals surface area contributed by atoms with Gasteiger partial charge in [0.1, 0.15) is 6.54 Å². The van der Waals surface area contributed by atoms with Gasteiger partial charge in [0.05, 0.1) is 5.75 Å². The van der Waals surface area contributed by atoms with E-state index in [1.807, 2.05) is 0 Å². The molecule has 1 amide bonds. The van der Waals surface area contributed by atoms with Crippen molar-refractivity contribution >= 4 is 21.6 Å². The van der Waals surface area contributed by atoms with Gasteiger partial charge < -0.3 is 4.90 Å². The molecule has 1 fully saturated rings. The van der Waals surface area contributed by atoms with Gasteiger partial charge in [0.25, 0.3) is 0 Å². The lowest BCUT2D eigenvalue weighted by Crippen LogP contribution is -2.47. The van der Waals surface area contributed by atoms with Crippen molar-refractivity contribution < 1.29 is 26.4 Å². The molecule has 1 aliphatic heterocycles. The molecule has 0 aromatic heterocycles. The van der Waals surface area contributed by atoms with Crippen LogP contribution in [0, 0.1) is 5.92 Å². The lowest BCUT2D eigenvalue weighted by molar-refractivity contribution is -0.135. The Kier molecular flexibility index (Phi) is 6.82. The molecule has 0 bridgehead atoms. The van der Waals surface area contributed by atoms with Gasteiger partial charge in [0, 0.05) is 24.7 Å². The average Bonchev–Trinajstić information content (AvgIpc) is 2.72. The fraction of sp³-hybridized carbons (Fsp3) is 0.381. The van der Waals surface area contributed by atoms with Crippen molar-refractivity contribution in [2.45, 2.75) is 24.8 Å². The average molecular weight is 440 g/mol. The summed E-state index contributed by atoms with van der Waals surface area (Å²) < 4.78 is 65.8. The summed E-state index contributed by atoms with van der Waals surface area (Å²) in [5.41, 5.74) is 0.843. The first kappa shape index (κ1) is 22.3. The Morgan fingerprint density at radius 2 is 1.50 bits per heavy atom. The molecule has 1 heterocycles.